The van der Waals surface area contributed by atoms with Gasteiger partial charge in [0, 0.05) is 35.7 Å². The lowest BCUT2D eigenvalue weighted by Crippen LogP contribution is -2.52. The van der Waals surface area contributed by atoms with E-state index in [0.29, 0.717) is 25.9 Å². The maximum atomic E-state index is 13.4. The molecule has 0 amide bonds. The highest BCUT2D eigenvalue weighted by Crippen LogP contribution is 2.43. The highest BCUT2D eigenvalue weighted by Gasteiger charge is 2.59. The summed E-state index contributed by atoms with van der Waals surface area (Å²) in [5.41, 5.74) is 1.29. The van der Waals surface area contributed by atoms with Crippen LogP contribution in [0.5, 0.6) is 0 Å². The number of halogens is 3. The third-order valence-corrected chi connectivity index (χ3v) is 4.35. The monoisotopic (exact) mass is 319 g/mol. The molecule has 1 aliphatic carbocycles. The number of allylic oxidation sites excluding steroid dienone is 1. The Morgan fingerprint density at radius 3 is 2.45 bits per heavy atom. The number of carbonyl (C=O) groups is 1. The standard InChI is InChI=1S/C14H20F3N3O2/c15-14(16,17)13(22)7-9(21)1-2-10(18)11(13)12(19)8-3-5-20-6-4-8/h8,19-20,22H,1-7,18H2. The van der Waals surface area contributed by atoms with Crippen LogP contribution in [0.3, 0.4) is 0 Å². The van der Waals surface area contributed by atoms with Gasteiger partial charge in [0.2, 0.25) is 0 Å². The molecule has 1 atom stereocenters. The van der Waals surface area contributed by atoms with E-state index in [1.165, 1.54) is 0 Å². The van der Waals surface area contributed by atoms with Gasteiger partial charge in [-0.25, -0.2) is 0 Å². The number of hydrogen-bond acceptors (Lipinski definition) is 5. The third-order valence-electron chi connectivity index (χ3n) is 4.35. The van der Waals surface area contributed by atoms with Gasteiger partial charge in [0.15, 0.2) is 5.60 Å². The van der Waals surface area contributed by atoms with Crippen LogP contribution in [0.15, 0.2) is 11.3 Å². The fourth-order valence-corrected chi connectivity index (χ4v) is 3.08. The lowest BCUT2D eigenvalue weighted by molar-refractivity contribution is -0.243. The predicted molar refractivity (Wildman–Crippen MR) is 74.4 cm³/mol. The maximum absolute atomic E-state index is 13.4. The first-order valence-electron chi connectivity index (χ1n) is 7.26. The van der Waals surface area contributed by atoms with E-state index in [2.05, 4.69) is 5.32 Å². The Bertz CT molecular complexity index is 510. The molecule has 5 N–H and O–H groups in total. The van der Waals surface area contributed by atoms with Crippen molar-refractivity contribution in [1.82, 2.24) is 5.32 Å². The molecule has 0 aromatic heterocycles. The summed E-state index contributed by atoms with van der Waals surface area (Å²) in [4.78, 5) is 11.6. The number of nitrogens with two attached hydrogens (primary N) is 1. The quantitative estimate of drug-likeness (QED) is 0.576. The number of aliphatic hydroxyl groups is 1. The molecule has 22 heavy (non-hydrogen) atoms. The van der Waals surface area contributed by atoms with E-state index >= 15 is 0 Å². The van der Waals surface area contributed by atoms with Crippen molar-refractivity contribution >= 4 is 11.5 Å². The summed E-state index contributed by atoms with van der Waals surface area (Å²) in [6.07, 6.45) is -5.30. The second-order valence-corrected chi connectivity index (χ2v) is 5.91. The number of alkyl halides is 3. The third kappa shape index (κ3) is 3.03. The fourth-order valence-electron chi connectivity index (χ4n) is 3.08. The smallest absolute Gasteiger partial charge is 0.402 e. The molecule has 124 valence electrons. The minimum Gasteiger partial charge on any atom is -0.402 e. The minimum absolute atomic E-state index is 0.0556. The highest BCUT2D eigenvalue weighted by atomic mass is 19.4. The molecule has 0 radical (unpaired) electrons. The first kappa shape index (κ1) is 17.0. The van der Waals surface area contributed by atoms with Crippen molar-refractivity contribution in [1.29, 1.82) is 5.41 Å². The van der Waals surface area contributed by atoms with Crippen molar-refractivity contribution in [2.45, 2.75) is 43.9 Å². The van der Waals surface area contributed by atoms with Crippen molar-refractivity contribution in [3.05, 3.63) is 11.3 Å². The van der Waals surface area contributed by atoms with Crippen LogP contribution in [0.25, 0.3) is 0 Å². The van der Waals surface area contributed by atoms with Gasteiger partial charge in [-0.05, 0) is 32.4 Å². The first-order valence-corrected chi connectivity index (χ1v) is 7.26. The van der Waals surface area contributed by atoms with Gasteiger partial charge in [-0.15, -0.1) is 0 Å². The Hall–Kier alpha value is -1.41. The van der Waals surface area contributed by atoms with Gasteiger partial charge in [0.05, 0.1) is 0 Å². The molecule has 1 fully saturated rings. The molecule has 0 aromatic rings. The number of piperidine rings is 1. The predicted octanol–water partition coefficient (Wildman–Crippen LogP) is 1.26. The van der Waals surface area contributed by atoms with Crippen molar-refractivity contribution in [3.63, 3.8) is 0 Å². The second-order valence-electron chi connectivity index (χ2n) is 5.91. The van der Waals surface area contributed by atoms with Crippen LogP contribution in [0.1, 0.15) is 32.1 Å². The van der Waals surface area contributed by atoms with Crippen LogP contribution in [0.4, 0.5) is 13.2 Å². The summed E-state index contributed by atoms with van der Waals surface area (Å²) in [6.45, 7) is 1.20. The van der Waals surface area contributed by atoms with E-state index < -0.39 is 35.5 Å². The van der Waals surface area contributed by atoms with Crippen LogP contribution < -0.4 is 11.1 Å². The van der Waals surface area contributed by atoms with Crippen molar-refractivity contribution < 1.29 is 23.1 Å². The van der Waals surface area contributed by atoms with Gasteiger partial charge in [0.1, 0.15) is 5.78 Å². The molecule has 1 aliphatic heterocycles. The number of ketones is 1. The van der Waals surface area contributed by atoms with Crippen molar-refractivity contribution in [3.8, 4) is 0 Å². The Morgan fingerprint density at radius 1 is 1.32 bits per heavy atom. The summed E-state index contributed by atoms with van der Waals surface area (Å²) >= 11 is 0. The lowest BCUT2D eigenvalue weighted by Gasteiger charge is -2.35. The molecule has 8 heteroatoms. The van der Waals surface area contributed by atoms with Gasteiger partial charge in [0.25, 0.3) is 0 Å². The number of rotatable bonds is 2. The normalized spacial score (nSPS) is 28.6. The molecule has 5 nitrogen and oxygen atoms in total. The Morgan fingerprint density at radius 2 is 1.91 bits per heavy atom. The SMILES string of the molecule is N=C(C1=C(N)CCC(=O)CC1(O)C(F)(F)F)C1CCNCC1. The summed E-state index contributed by atoms with van der Waals surface area (Å²) in [5, 5.41) is 21.5. The van der Waals surface area contributed by atoms with E-state index in [-0.39, 0.29) is 24.3 Å². The summed E-state index contributed by atoms with van der Waals surface area (Å²) in [6, 6.07) is 0. The summed E-state index contributed by atoms with van der Waals surface area (Å²) in [5.74, 6) is -1.09. The number of nitrogens with one attached hydrogen (secondary N) is 2. The molecule has 1 unspecified atom stereocenters. The average Bonchev–Trinajstić information content (AvgIpc) is 2.56. The van der Waals surface area contributed by atoms with E-state index in [9.17, 15) is 23.1 Å². The molecule has 0 spiro atoms. The van der Waals surface area contributed by atoms with Gasteiger partial charge >= 0.3 is 6.18 Å². The van der Waals surface area contributed by atoms with Gasteiger partial charge in [-0.3, -0.25) is 4.79 Å². The Labute approximate surface area is 126 Å². The minimum atomic E-state index is -5.05. The Kier molecular flexibility index (Phi) is 4.62. The molecule has 0 aromatic carbocycles. The van der Waals surface area contributed by atoms with Crippen LogP contribution in [0.2, 0.25) is 0 Å². The summed E-state index contributed by atoms with van der Waals surface area (Å²) in [7, 11) is 0. The van der Waals surface area contributed by atoms with Crippen LogP contribution in [-0.4, -0.2) is 41.5 Å². The van der Waals surface area contributed by atoms with Crippen LogP contribution in [-0.2, 0) is 4.79 Å². The largest absolute Gasteiger partial charge is 0.422 e. The van der Waals surface area contributed by atoms with Crippen LogP contribution >= 0.6 is 0 Å². The number of Topliss-reactive ketones (excluding diaryl/α,β-unsaturated/α-hetero) is 1. The van der Waals surface area contributed by atoms with Crippen molar-refractivity contribution in [2.75, 3.05) is 13.1 Å². The van der Waals surface area contributed by atoms with Crippen LogP contribution in [0, 0.1) is 11.3 Å². The maximum Gasteiger partial charge on any atom is 0.422 e. The Balaban J connectivity index is 2.45. The molecule has 0 bridgehead atoms. The number of hydrogen-bond donors (Lipinski definition) is 4. The zero-order valence-corrected chi connectivity index (χ0v) is 12.1. The zero-order valence-electron chi connectivity index (χ0n) is 12.1. The topological polar surface area (TPSA) is 99.2 Å². The first-order chi connectivity index (χ1) is 10.2. The second kappa shape index (κ2) is 6.00. The highest BCUT2D eigenvalue weighted by molar-refractivity contribution is 6.03. The molecular weight excluding hydrogens is 299 g/mol. The molecular formula is C14H20F3N3O2. The summed E-state index contributed by atoms with van der Waals surface area (Å²) < 4.78 is 40.3. The van der Waals surface area contributed by atoms with Gasteiger partial charge < -0.3 is 21.6 Å². The van der Waals surface area contributed by atoms with Gasteiger partial charge in [-0.2, -0.15) is 13.2 Å². The van der Waals surface area contributed by atoms with Gasteiger partial charge in [-0.1, -0.05) is 0 Å². The van der Waals surface area contributed by atoms with E-state index in [1.54, 1.807) is 0 Å². The molecule has 2 rings (SSSR count). The molecule has 2 aliphatic rings. The average molecular weight is 319 g/mol. The number of carbonyl (C=O) groups excluding carboxylic acids is 1. The van der Waals surface area contributed by atoms with Crippen molar-refractivity contribution in [2.24, 2.45) is 11.7 Å². The van der Waals surface area contributed by atoms with E-state index in [0.717, 1.165) is 0 Å². The zero-order chi connectivity index (χ0) is 16.5. The molecule has 0 saturated carbocycles. The molecule has 1 heterocycles. The lowest BCUT2D eigenvalue weighted by atomic mass is 9.78. The van der Waals surface area contributed by atoms with E-state index in [1.807, 2.05) is 0 Å². The fraction of sp³-hybridized carbons (Fsp3) is 0.714. The molecule has 1 saturated heterocycles. The van der Waals surface area contributed by atoms with E-state index in [4.69, 9.17) is 11.1 Å².